The van der Waals surface area contributed by atoms with Crippen LogP contribution >= 0.6 is 0 Å². The summed E-state index contributed by atoms with van der Waals surface area (Å²) in [7, 11) is 0. The molecule has 1 aromatic carbocycles. The van der Waals surface area contributed by atoms with Crippen LogP contribution in [0.3, 0.4) is 0 Å². The Hall–Kier alpha value is -2.24. The van der Waals surface area contributed by atoms with E-state index < -0.39 is 11.9 Å². The van der Waals surface area contributed by atoms with Crippen LogP contribution in [0, 0.1) is 5.82 Å². The monoisotopic (exact) mass is 290 g/mol. The van der Waals surface area contributed by atoms with E-state index in [1.807, 2.05) is 0 Å². The van der Waals surface area contributed by atoms with Gasteiger partial charge in [-0.2, -0.15) is 0 Å². The molecule has 0 aromatic heterocycles. The Balaban J connectivity index is 1.74. The van der Waals surface area contributed by atoms with Gasteiger partial charge < -0.3 is 9.80 Å². The first-order valence-corrected chi connectivity index (χ1v) is 6.93. The van der Waals surface area contributed by atoms with Gasteiger partial charge >= 0.3 is 0 Å². The van der Waals surface area contributed by atoms with Crippen molar-refractivity contribution in [2.45, 2.75) is 18.9 Å². The van der Waals surface area contributed by atoms with Crippen LogP contribution in [-0.2, 0) is 9.59 Å². The summed E-state index contributed by atoms with van der Waals surface area (Å²) in [5.41, 5.74) is 0.212. The lowest BCUT2D eigenvalue weighted by molar-refractivity contribution is -0.152. The number of hydrogen-bond donors (Lipinski definition) is 0. The molecule has 0 bridgehead atoms. The summed E-state index contributed by atoms with van der Waals surface area (Å²) in [5.74, 6) is -1.16. The van der Waals surface area contributed by atoms with E-state index in [-0.39, 0.29) is 36.3 Å². The van der Waals surface area contributed by atoms with Crippen molar-refractivity contribution in [3.8, 4) is 0 Å². The van der Waals surface area contributed by atoms with Gasteiger partial charge in [0.05, 0.1) is 6.54 Å². The average Bonchev–Trinajstić information content (AvgIpc) is 2.94. The van der Waals surface area contributed by atoms with Crippen LogP contribution in [0.4, 0.5) is 4.39 Å². The highest BCUT2D eigenvalue weighted by Crippen LogP contribution is 2.23. The minimum Gasteiger partial charge on any atom is -0.329 e. The number of piperazine rings is 1. The summed E-state index contributed by atoms with van der Waals surface area (Å²) in [6.45, 7) is 0.357. The molecule has 0 aliphatic carbocycles. The molecule has 3 rings (SSSR count). The van der Waals surface area contributed by atoms with Crippen LogP contribution in [0.2, 0.25) is 0 Å². The smallest absolute Gasteiger partial charge is 0.246 e. The highest BCUT2D eigenvalue weighted by Gasteiger charge is 2.42. The number of Topliss-reactive ketones (excluding diaryl/α,β-unsaturated/α-hetero) is 1. The van der Waals surface area contributed by atoms with Crippen LogP contribution in [0.5, 0.6) is 0 Å². The van der Waals surface area contributed by atoms with Gasteiger partial charge in [-0.3, -0.25) is 14.4 Å². The van der Waals surface area contributed by atoms with Gasteiger partial charge in [-0.1, -0.05) is 12.1 Å². The molecule has 0 radical (unpaired) electrons. The molecule has 6 heteroatoms. The molecule has 5 nitrogen and oxygen atoms in total. The molecular weight excluding hydrogens is 275 g/mol. The number of carbonyl (C=O) groups is 3. The van der Waals surface area contributed by atoms with E-state index in [1.165, 1.54) is 23.1 Å². The SMILES string of the molecule is O=C(CN1CC(=O)N2CCCC2C1=O)c1cccc(F)c1. The zero-order valence-corrected chi connectivity index (χ0v) is 11.4. The largest absolute Gasteiger partial charge is 0.329 e. The molecule has 21 heavy (non-hydrogen) atoms. The molecule has 2 heterocycles. The molecule has 2 saturated heterocycles. The Kier molecular flexibility index (Phi) is 3.45. The number of rotatable bonds is 3. The first-order valence-electron chi connectivity index (χ1n) is 6.93. The number of halogens is 1. The van der Waals surface area contributed by atoms with Crippen LogP contribution < -0.4 is 0 Å². The summed E-state index contributed by atoms with van der Waals surface area (Å²) in [4.78, 5) is 39.2. The second-order valence-corrected chi connectivity index (χ2v) is 5.37. The van der Waals surface area contributed by atoms with Gasteiger partial charge in [0.25, 0.3) is 0 Å². The highest BCUT2D eigenvalue weighted by atomic mass is 19.1. The molecule has 2 amide bonds. The number of carbonyl (C=O) groups excluding carboxylic acids is 3. The van der Waals surface area contributed by atoms with Gasteiger partial charge in [0, 0.05) is 12.1 Å². The zero-order chi connectivity index (χ0) is 15.0. The minimum absolute atomic E-state index is 0.0730. The lowest BCUT2D eigenvalue weighted by Gasteiger charge is -2.36. The van der Waals surface area contributed by atoms with E-state index >= 15 is 0 Å². The molecule has 110 valence electrons. The third kappa shape index (κ3) is 2.53. The van der Waals surface area contributed by atoms with Crippen molar-refractivity contribution in [3.63, 3.8) is 0 Å². The molecular formula is C15H15FN2O3. The summed E-state index contributed by atoms with van der Waals surface area (Å²) in [6, 6.07) is 4.92. The Labute approximate surface area is 121 Å². The molecule has 1 atom stereocenters. The van der Waals surface area contributed by atoms with Crippen molar-refractivity contribution in [3.05, 3.63) is 35.6 Å². The number of fused-ring (bicyclic) bond motifs is 1. The fourth-order valence-corrected chi connectivity index (χ4v) is 2.93. The maximum absolute atomic E-state index is 13.1. The normalized spacial score (nSPS) is 21.7. The van der Waals surface area contributed by atoms with Gasteiger partial charge in [-0.05, 0) is 25.0 Å². The molecule has 0 N–H and O–H groups in total. The fourth-order valence-electron chi connectivity index (χ4n) is 2.93. The van der Waals surface area contributed by atoms with Crippen molar-refractivity contribution in [1.29, 1.82) is 0 Å². The van der Waals surface area contributed by atoms with Gasteiger partial charge in [0.2, 0.25) is 11.8 Å². The molecule has 0 saturated carbocycles. The number of amides is 2. The van der Waals surface area contributed by atoms with Crippen molar-refractivity contribution >= 4 is 17.6 Å². The Bertz CT molecular complexity index is 617. The summed E-state index contributed by atoms with van der Waals surface area (Å²) < 4.78 is 13.1. The van der Waals surface area contributed by atoms with E-state index in [1.54, 1.807) is 4.90 Å². The first kappa shape index (κ1) is 13.7. The molecule has 2 aliphatic heterocycles. The second-order valence-electron chi connectivity index (χ2n) is 5.37. The maximum atomic E-state index is 13.1. The quantitative estimate of drug-likeness (QED) is 0.775. The predicted octanol–water partition coefficient (Wildman–Crippen LogP) is 0.842. The van der Waals surface area contributed by atoms with Crippen molar-refractivity contribution in [2.24, 2.45) is 0 Å². The van der Waals surface area contributed by atoms with Crippen LogP contribution in [0.1, 0.15) is 23.2 Å². The standard InChI is InChI=1S/C15H15FN2O3/c16-11-4-1-3-10(7-11)13(19)8-17-9-14(20)18-6-2-5-12(18)15(17)21/h1,3-4,7,12H,2,5-6,8-9H2. The zero-order valence-electron chi connectivity index (χ0n) is 11.4. The van der Waals surface area contributed by atoms with E-state index in [2.05, 4.69) is 0 Å². The minimum atomic E-state index is -0.496. The third-order valence-electron chi connectivity index (χ3n) is 3.98. The van der Waals surface area contributed by atoms with Crippen LogP contribution in [0.15, 0.2) is 24.3 Å². The fraction of sp³-hybridized carbons (Fsp3) is 0.400. The number of ketones is 1. The molecule has 2 fully saturated rings. The summed E-state index contributed by atoms with van der Waals surface area (Å²) in [5, 5.41) is 0. The van der Waals surface area contributed by atoms with Crippen molar-refractivity contribution in [1.82, 2.24) is 9.80 Å². The van der Waals surface area contributed by atoms with Crippen LogP contribution in [-0.4, -0.2) is 53.1 Å². The van der Waals surface area contributed by atoms with Gasteiger partial charge in [-0.15, -0.1) is 0 Å². The van der Waals surface area contributed by atoms with E-state index in [4.69, 9.17) is 0 Å². The first-order chi connectivity index (χ1) is 10.1. The molecule has 2 aliphatic rings. The average molecular weight is 290 g/mol. The summed E-state index contributed by atoms with van der Waals surface area (Å²) in [6.07, 6.45) is 1.46. The van der Waals surface area contributed by atoms with Crippen molar-refractivity contribution < 1.29 is 18.8 Å². The number of hydrogen-bond acceptors (Lipinski definition) is 3. The van der Waals surface area contributed by atoms with Gasteiger partial charge in [0.15, 0.2) is 5.78 Å². The molecule has 1 unspecified atom stereocenters. The van der Waals surface area contributed by atoms with E-state index in [9.17, 15) is 18.8 Å². The molecule has 0 spiro atoms. The highest BCUT2D eigenvalue weighted by molar-refractivity contribution is 6.02. The van der Waals surface area contributed by atoms with E-state index in [0.717, 1.165) is 12.5 Å². The third-order valence-corrected chi connectivity index (χ3v) is 3.98. The predicted molar refractivity (Wildman–Crippen MR) is 72.0 cm³/mol. The summed E-state index contributed by atoms with van der Waals surface area (Å²) >= 11 is 0. The molecule has 1 aromatic rings. The number of benzene rings is 1. The van der Waals surface area contributed by atoms with Gasteiger partial charge in [-0.25, -0.2) is 4.39 Å². The Morgan fingerprint density at radius 3 is 2.90 bits per heavy atom. The Morgan fingerprint density at radius 1 is 1.33 bits per heavy atom. The van der Waals surface area contributed by atoms with E-state index in [0.29, 0.717) is 13.0 Å². The lowest BCUT2D eigenvalue weighted by atomic mass is 10.1. The van der Waals surface area contributed by atoms with Crippen LogP contribution in [0.25, 0.3) is 0 Å². The maximum Gasteiger partial charge on any atom is 0.246 e. The topological polar surface area (TPSA) is 57.7 Å². The van der Waals surface area contributed by atoms with Gasteiger partial charge in [0.1, 0.15) is 18.4 Å². The van der Waals surface area contributed by atoms with Crippen molar-refractivity contribution in [2.75, 3.05) is 19.6 Å². The Morgan fingerprint density at radius 2 is 2.14 bits per heavy atom. The second kappa shape index (κ2) is 5.27. The lowest BCUT2D eigenvalue weighted by Crippen LogP contribution is -2.58. The number of nitrogens with zero attached hydrogens (tertiary/aromatic N) is 2.